The Balaban J connectivity index is 1.59. The fourth-order valence-electron chi connectivity index (χ4n) is 2.65. The van der Waals surface area contributed by atoms with Crippen LogP contribution in [0, 0.1) is 0 Å². The van der Waals surface area contributed by atoms with Crippen LogP contribution >= 0.6 is 0 Å². The van der Waals surface area contributed by atoms with E-state index in [1.54, 1.807) is 0 Å². The second-order valence-electron chi connectivity index (χ2n) is 6.24. The average molecular weight is 402 g/mol. The van der Waals surface area contributed by atoms with Crippen LogP contribution in [-0.4, -0.2) is 20.4 Å². The van der Waals surface area contributed by atoms with Crippen LogP contribution in [0.4, 0.5) is 46.0 Å². The molecule has 0 amide bonds. The zero-order chi connectivity index (χ0) is 21.1. The lowest BCUT2D eigenvalue weighted by Crippen LogP contribution is -1.84. The van der Waals surface area contributed by atoms with Gasteiger partial charge in [-0.1, -0.05) is 24.3 Å². The molecule has 0 atom stereocenters. The number of azo groups is 2. The fraction of sp³-hybridized carbons (Fsp3) is 0. The Labute approximate surface area is 170 Å². The smallest absolute Gasteiger partial charge is 0.175 e. The number of anilines is 4. The van der Waals surface area contributed by atoms with E-state index in [2.05, 4.69) is 40.9 Å². The van der Waals surface area contributed by atoms with Gasteiger partial charge in [0.2, 0.25) is 0 Å². The van der Waals surface area contributed by atoms with Gasteiger partial charge in [-0.25, -0.2) is 0 Å². The fourth-order valence-corrected chi connectivity index (χ4v) is 2.65. The van der Waals surface area contributed by atoms with E-state index in [1.165, 1.54) is 0 Å². The molecule has 0 bridgehead atoms. The van der Waals surface area contributed by atoms with Gasteiger partial charge in [-0.05, 0) is 35.4 Å². The highest BCUT2D eigenvalue weighted by Crippen LogP contribution is 2.32. The summed E-state index contributed by atoms with van der Waals surface area (Å²) in [7, 11) is 0. The number of aromatic amines is 2. The number of nitrogens with one attached hydrogen (secondary N) is 2. The Morgan fingerprint density at radius 1 is 0.600 bits per heavy atom. The zero-order valence-corrected chi connectivity index (χ0v) is 15.6. The minimum absolute atomic E-state index is 0.185. The number of H-pyrrole nitrogens is 2. The summed E-state index contributed by atoms with van der Waals surface area (Å²) in [5.41, 5.74) is 26.6. The number of benzene rings is 2. The summed E-state index contributed by atoms with van der Waals surface area (Å²) in [6.45, 7) is 0. The highest BCUT2D eigenvalue weighted by Gasteiger charge is 2.08. The van der Waals surface area contributed by atoms with Gasteiger partial charge in [0, 0.05) is 0 Å². The molecule has 0 fully saturated rings. The molecule has 4 rings (SSSR count). The molecule has 2 heterocycles. The Bertz CT molecular complexity index is 1110. The van der Waals surface area contributed by atoms with Gasteiger partial charge in [0.05, 0.1) is 11.4 Å². The van der Waals surface area contributed by atoms with Crippen molar-refractivity contribution in [3.05, 3.63) is 48.5 Å². The van der Waals surface area contributed by atoms with Crippen LogP contribution in [0.25, 0.3) is 11.1 Å². The van der Waals surface area contributed by atoms with Crippen LogP contribution < -0.4 is 22.9 Å². The largest absolute Gasteiger partial charge is 0.382 e. The van der Waals surface area contributed by atoms with Gasteiger partial charge >= 0.3 is 0 Å². The van der Waals surface area contributed by atoms with Crippen molar-refractivity contribution in [2.45, 2.75) is 0 Å². The summed E-state index contributed by atoms with van der Waals surface area (Å²) in [6.07, 6.45) is 0. The van der Waals surface area contributed by atoms with Gasteiger partial charge in [-0.3, -0.25) is 10.2 Å². The molecular weight excluding hydrogens is 384 g/mol. The lowest BCUT2D eigenvalue weighted by Gasteiger charge is -2.03. The average Bonchev–Trinajstić information content (AvgIpc) is 3.25. The zero-order valence-electron chi connectivity index (χ0n) is 15.6. The van der Waals surface area contributed by atoms with Crippen LogP contribution in [0.3, 0.4) is 0 Å². The van der Waals surface area contributed by atoms with Crippen molar-refractivity contribution in [1.29, 1.82) is 0 Å². The first-order chi connectivity index (χ1) is 14.5. The number of nitrogens with two attached hydrogens (primary N) is 4. The summed E-state index contributed by atoms with van der Waals surface area (Å²) in [5.74, 6) is 0.877. The predicted molar refractivity (Wildman–Crippen MR) is 115 cm³/mol. The summed E-state index contributed by atoms with van der Waals surface area (Å²) in [6, 6.07) is 15.0. The summed E-state index contributed by atoms with van der Waals surface area (Å²) >= 11 is 0. The second kappa shape index (κ2) is 7.71. The maximum atomic E-state index is 5.73. The second-order valence-corrected chi connectivity index (χ2v) is 6.24. The van der Waals surface area contributed by atoms with Crippen molar-refractivity contribution in [1.82, 2.24) is 20.4 Å². The third kappa shape index (κ3) is 3.77. The molecule has 12 heteroatoms. The molecule has 0 saturated heterocycles. The molecule has 0 unspecified atom stereocenters. The molecular formula is C18H18N12. The molecule has 30 heavy (non-hydrogen) atoms. The van der Waals surface area contributed by atoms with Crippen LogP contribution in [0.1, 0.15) is 0 Å². The quantitative estimate of drug-likeness (QED) is 0.272. The highest BCUT2D eigenvalue weighted by atomic mass is 15.3. The molecule has 0 radical (unpaired) electrons. The Hall–Kier alpha value is -4.74. The standard InChI is InChI=1S/C18H18N12/c19-15-13(16(20)28-27-15)25-23-11-5-1-3-9(7-11)10-4-2-6-12(8-10)24-26-14-17(21)29-30-18(14)22/h1-8H,(H5,19,20,27,28)(H5,21,22,29,30)/b25-23+,26-24+. The van der Waals surface area contributed by atoms with Crippen molar-refractivity contribution in [3.8, 4) is 11.1 Å². The number of nitrogens with zero attached hydrogens (tertiary/aromatic N) is 6. The number of nitrogen functional groups attached to an aromatic ring is 4. The van der Waals surface area contributed by atoms with Crippen LogP contribution in [0.15, 0.2) is 69.0 Å². The molecule has 0 aliphatic heterocycles. The van der Waals surface area contributed by atoms with E-state index in [9.17, 15) is 0 Å². The number of aromatic nitrogens is 4. The van der Waals surface area contributed by atoms with Gasteiger partial charge in [0.25, 0.3) is 0 Å². The summed E-state index contributed by atoms with van der Waals surface area (Å²) in [5, 5.41) is 29.2. The minimum atomic E-state index is 0.185. The van der Waals surface area contributed by atoms with Crippen molar-refractivity contribution in [2.24, 2.45) is 20.5 Å². The van der Waals surface area contributed by atoms with Crippen molar-refractivity contribution in [3.63, 3.8) is 0 Å². The molecule has 2 aromatic heterocycles. The van der Waals surface area contributed by atoms with E-state index in [0.717, 1.165) is 11.1 Å². The summed E-state index contributed by atoms with van der Waals surface area (Å²) < 4.78 is 0. The van der Waals surface area contributed by atoms with Crippen LogP contribution in [0.2, 0.25) is 0 Å². The van der Waals surface area contributed by atoms with E-state index in [0.29, 0.717) is 22.7 Å². The topological polar surface area (TPSA) is 211 Å². The van der Waals surface area contributed by atoms with Gasteiger partial charge < -0.3 is 22.9 Å². The van der Waals surface area contributed by atoms with E-state index in [-0.39, 0.29) is 23.3 Å². The van der Waals surface area contributed by atoms with E-state index < -0.39 is 0 Å². The van der Waals surface area contributed by atoms with E-state index >= 15 is 0 Å². The SMILES string of the molecule is Nc1n[nH]c(N)c1/N=N/c1cccc(-c2cccc(/N=N/c3c(N)n[nH]c3N)c2)c1. The molecule has 12 nitrogen and oxygen atoms in total. The monoisotopic (exact) mass is 402 g/mol. The number of rotatable bonds is 5. The molecule has 0 saturated carbocycles. The lowest BCUT2D eigenvalue weighted by molar-refractivity contribution is 1.11. The molecule has 0 aliphatic carbocycles. The van der Waals surface area contributed by atoms with Crippen LogP contribution in [0.5, 0.6) is 0 Å². The van der Waals surface area contributed by atoms with Crippen molar-refractivity contribution >= 4 is 46.0 Å². The Morgan fingerprint density at radius 3 is 1.40 bits per heavy atom. The Morgan fingerprint density at radius 2 is 1.03 bits per heavy atom. The first-order valence-electron chi connectivity index (χ1n) is 8.74. The molecule has 150 valence electrons. The number of hydrogen-bond donors (Lipinski definition) is 6. The molecule has 10 N–H and O–H groups in total. The normalized spacial score (nSPS) is 11.6. The minimum Gasteiger partial charge on any atom is -0.382 e. The molecule has 0 spiro atoms. The van der Waals surface area contributed by atoms with E-state index in [1.807, 2.05) is 48.5 Å². The molecule has 4 aromatic rings. The van der Waals surface area contributed by atoms with Crippen LogP contribution in [-0.2, 0) is 0 Å². The van der Waals surface area contributed by atoms with Gasteiger partial charge in [-0.15, -0.1) is 10.2 Å². The molecule has 0 aliphatic rings. The van der Waals surface area contributed by atoms with Crippen molar-refractivity contribution in [2.75, 3.05) is 22.9 Å². The third-order valence-corrected chi connectivity index (χ3v) is 4.15. The van der Waals surface area contributed by atoms with Gasteiger partial charge in [-0.2, -0.15) is 20.4 Å². The number of hydrogen-bond acceptors (Lipinski definition) is 10. The Kier molecular flexibility index (Phi) is 4.78. The van der Waals surface area contributed by atoms with Gasteiger partial charge in [0.15, 0.2) is 23.0 Å². The van der Waals surface area contributed by atoms with Crippen molar-refractivity contribution < 1.29 is 0 Å². The molecule has 2 aromatic carbocycles. The lowest BCUT2D eigenvalue weighted by atomic mass is 10.0. The first kappa shape index (κ1) is 18.6. The van der Waals surface area contributed by atoms with Gasteiger partial charge in [0.1, 0.15) is 11.6 Å². The maximum absolute atomic E-state index is 5.73. The highest BCUT2D eigenvalue weighted by molar-refractivity contribution is 5.72. The first-order valence-corrected chi connectivity index (χ1v) is 8.74. The third-order valence-electron chi connectivity index (χ3n) is 4.15. The summed E-state index contributed by atoms with van der Waals surface area (Å²) in [4.78, 5) is 0. The maximum Gasteiger partial charge on any atom is 0.175 e. The predicted octanol–water partition coefficient (Wildman–Crippen LogP) is 3.96. The van der Waals surface area contributed by atoms with E-state index in [4.69, 9.17) is 22.9 Å².